The van der Waals surface area contributed by atoms with E-state index in [2.05, 4.69) is 25.5 Å². The van der Waals surface area contributed by atoms with Crippen molar-refractivity contribution in [2.24, 2.45) is 7.05 Å². The first-order chi connectivity index (χ1) is 17.7. The molecule has 0 aliphatic carbocycles. The molecule has 186 valence electrons. The van der Waals surface area contributed by atoms with Gasteiger partial charge in [-0.2, -0.15) is 10.2 Å². The summed E-state index contributed by atoms with van der Waals surface area (Å²) in [5.74, 6) is 0.444. The Morgan fingerprint density at radius 2 is 1.65 bits per heavy atom. The fraction of sp³-hybridized carbons (Fsp3) is 0.115. The van der Waals surface area contributed by atoms with Gasteiger partial charge < -0.3 is 5.32 Å². The Labute approximate surface area is 213 Å². The van der Waals surface area contributed by atoms with E-state index in [0.29, 0.717) is 17.2 Å². The molecular weight excluding hydrogens is 490 g/mol. The quantitative estimate of drug-likeness (QED) is 0.352. The lowest BCUT2D eigenvalue weighted by molar-refractivity contribution is 0.602. The largest absolute Gasteiger partial charge is 0.324 e. The first-order valence-electron chi connectivity index (χ1n) is 11.3. The van der Waals surface area contributed by atoms with Gasteiger partial charge in [0.2, 0.25) is 5.95 Å². The second-order valence-electron chi connectivity index (χ2n) is 8.53. The molecule has 5 rings (SSSR count). The Kier molecular flexibility index (Phi) is 6.36. The summed E-state index contributed by atoms with van der Waals surface area (Å²) in [6.45, 7) is 0.254. The maximum absolute atomic E-state index is 12.5. The van der Waals surface area contributed by atoms with Crippen molar-refractivity contribution in [1.29, 1.82) is 0 Å². The number of benzene rings is 2. The zero-order chi connectivity index (χ0) is 26.0. The summed E-state index contributed by atoms with van der Waals surface area (Å²) >= 11 is 0. The standard InChI is InChI=1S/C26H23N7O3S/c1-32-17-21(15-29-32)20-13-27-26(28-14-20)30-22-5-3-4-18(12-22)16-33-25(34)11-10-24(31-33)19-6-8-23(9-7-19)37(2,35)36/h3-15,17H,16H2,1-2H3,(H,27,28,30). The highest BCUT2D eigenvalue weighted by molar-refractivity contribution is 7.90. The minimum atomic E-state index is -3.29. The van der Waals surface area contributed by atoms with E-state index < -0.39 is 9.84 Å². The van der Waals surface area contributed by atoms with Crippen LogP contribution in [0, 0.1) is 0 Å². The first kappa shape index (κ1) is 24.1. The van der Waals surface area contributed by atoms with Crippen LogP contribution in [0.3, 0.4) is 0 Å². The number of hydrogen-bond donors (Lipinski definition) is 1. The molecule has 1 N–H and O–H groups in total. The van der Waals surface area contributed by atoms with Crippen LogP contribution in [0.1, 0.15) is 5.56 Å². The van der Waals surface area contributed by atoms with E-state index >= 15 is 0 Å². The minimum Gasteiger partial charge on any atom is -0.324 e. The van der Waals surface area contributed by atoms with Crippen molar-refractivity contribution >= 4 is 21.5 Å². The van der Waals surface area contributed by atoms with Crippen LogP contribution in [0.15, 0.2) is 95.1 Å². The molecule has 0 atom stereocenters. The maximum atomic E-state index is 12.5. The number of nitrogens with one attached hydrogen (secondary N) is 1. The topological polar surface area (TPSA) is 125 Å². The number of rotatable bonds is 7. The van der Waals surface area contributed by atoms with Crippen molar-refractivity contribution in [2.75, 3.05) is 11.6 Å². The number of hydrogen-bond acceptors (Lipinski definition) is 8. The van der Waals surface area contributed by atoms with Gasteiger partial charge in [-0.05, 0) is 35.9 Å². The van der Waals surface area contributed by atoms with E-state index in [1.54, 1.807) is 41.5 Å². The van der Waals surface area contributed by atoms with Crippen molar-refractivity contribution < 1.29 is 8.42 Å². The average molecular weight is 514 g/mol. The predicted octanol–water partition coefficient (Wildman–Crippen LogP) is 3.30. The summed E-state index contributed by atoms with van der Waals surface area (Å²) in [6.07, 6.45) is 8.27. The molecule has 0 saturated carbocycles. The molecule has 3 heterocycles. The van der Waals surface area contributed by atoms with Crippen molar-refractivity contribution in [3.05, 3.63) is 101 Å². The van der Waals surface area contributed by atoms with E-state index in [9.17, 15) is 13.2 Å². The Hall–Kier alpha value is -4.64. The molecule has 0 spiro atoms. The van der Waals surface area contributed by atoms with Crippen LogP contribution in [0.5, 0.6) is 0 Å². The molecule has 37 heavy (non-hydrogen) atoms. The summed E-state index contributed by atoms with van der Waals surface area (Å²) in [5, 5.41) is 11.8. The number of aryl methyl sites for hydroxylation is 1. The van der Waals surface area contributed by atoms with E-state index in [0.717, 1.165) is 28.6 Å². The van der Waals surface area contributed by atoms with Gasteiger partial charge in [0.05, 0.1) is 23.3 Å². The molecule has 0 amide bonds. The monoisotopic (exact) mass is 513 g/mol. The number of nitrogens with zero attached hydrogens (tertiary/aromatic N) is 6. The third kappa shape index (κ3) is 5.62. The number of anilines is 2. The summed E-state index contributed by atoms with van der Waals surface area (Å²) < 4.78 is 26.5. The molecule has 10 nitrogen and oxygen atoms in total. The Morgan fingerprint density at radius 1 is 0.892 bits per heavy atom. The lowest BCUT2D eigenvalue weighted by Crippen LogP contribution is -2.22. The van der Waals surface area contributed by atoms with Crippen molar-refractivity contribution in [1.82, 2.24) is 29.5 Å². The fourth-order valence-electron chi connectivity index (χ4n) is 3.75. The van der Waals surface area contributed by atoms with E-state index in [1.165, 1.54) is 22.9 Å². The van der Waals surface area contributed by atoms with Gasteiger partial charge in [-0.25, -0.2) is 23.1 Å². The van der Waals surface area contributed by atoms with Gasteiger partial charge in [0.25, 0.3) is 5.56 Å². The predicted molar refractivity (Wildman–Crippen MR) is 140 cm³/mol. The Balaban J connectivity index is 1.33. The molecule has 0 unspecified atom stereocenters. The van der Waals surface area contributed by atoms with E-state index in [1.807, 2.05) is 37.5 Å². The van der Waals surface area contributed by atoms with Gasteiger partial charge in [-0.15, -0.1) is 0 Å². The highest BCUT2D eigenvalue weighted by Gasteiger charge is 2.10. The average Bonchev–Trinajstić information content (AvgIpc) is 3.32. The molecule has 2 aromatic carbocycles. The molecule has 0 bridgehead atoms. The van der Waals surface area contributed by atoms with Crippen LogP contribution in [0.4, 0.5) is 11.6 Å². The van der Waals surface area contributed by atoms with Crippen molar-refractivity contribution in [3.63, 3.8) is 0 Å². The van der Waals surface area contributed by atoms with Crippen molar-refractivity contribution in [3.8, 4) is 22.4 Å². The maximum Gasteiger partial charge on any atom is 0.267 e. The van der Waals surface area contributed by atoms with Gasteiger partial charge >= 0.3 is 0 Å². The summed E-state index contributed by atoms with van der Waals surface area (Å²) in [7, 11) is -1.44. The highest BCUT2D eigenvalue weighted by Crippen LogP contribution is 2.21. The SMILES string of the molecule is Cn1cc(-c2cnc(Nc3cccc(Cn4nc(-c5ccc(S(C)(=O)=O)cc5)ccc4=O)c3)nc2)cn1. The van der Waals surface area contributed by atoms with Gasteiger partial charge in [0, 0.05) is 60.3 Å². The fourth-order valence-corrected chi connectivity index (χ4v) is 4.38. The summed E-state index contributed by atoms with van der Waals surface area (Å²) in [4.78, 5) is 21.5. The molecule has 3 aromatic heterocycles. The zero-order valence-corrected chi connectivity index (χ0v) is 20.9. The Morgan fingerprint density at radius 3 is 2.32 bits per heavy atom. The van der Waals surface area contributed by atoms with Crippen LogP contribution in [0.25, 0.3) is 22.4 Å². The summed E-state index contributed by atoms with van der Waals surface area (Å²) in [6, 6.07) is 17.1. The van der Waals surface area contributed by atoms with Crippen LogP contribution in [-0.2, 0) is 23.4 Å². The van der Waals surface area contributed by atoms with Gasteiger partial charge in [-0.1, -0.05) is 24.3 Å². The molecule has 11 heteroatoms. The normalized spacial score (nSPS) is 11.4. The highest BCUT2D eigenvalue weighted by atomic mass is 32.2. The third-order valence-corrected chi connectivity index (χ3v) is 6.78. The van der Waals surface area contributed by atoms with Crippen LogP contribution < -0.4 is 10.9 Å². The lowest BCUT2D eigenvalue weighted by Gasteiger charge is -2.10. The minimum absolute atomic E-state index is 0.226. The lowest BCUT2D eigenvalue weighted by atomic mass is 10.1. The molecule has 0 saturated heterocycles. The smallest absolute Gasteiger partial charge is 0.267 e. The van der Waals surface area contributed by atoms with Gasteiger partial charge in [0.1, 0.15) is 0 Å². The van der Waals surface area contributed by atoms with E-state index in [4.69, 9.17) is 0 Å². The molecule has 0 radical (unpaired) electrons. The van der Waals surface area contributed by atoms with Gasteiger partial charge in [-0.3, -0.25) is 9.48 Å². The number of aromatic nitrogens is 6. The number of sulfone groups is 1. The second kappa shape index (κ2) is 9.78. The Bertz CT molecular complexity index is 1730. The first-order valence-corrected chi connectivity index (χ1v) is 13.2. The van der Waals surface area contributed by atoms with Crippen molar-refractivity contribution in [2.45, 2.75) is 11.4 Å². The zero-order valence-electron chi connectivity index (χ0n) is 20.1. The second-order valence-corrected chi connectivity index (χ2v) is 10.6. The molecule has 0 aliphatic heterocycles. The van der Waals surface area contributed by atoms with E-state index in [-0.39, 0.29) is 17.0 Å². The van der Waals surface area contributed by atoms with Crippen LogP contribution >= 0.6 is 0 Å². The summed E-state index contributed by atoms with van der Waals surface area (Å²) in [5.41, 5.74) is 4.46. The molecule has 0 fully saturated rings. The third-order valence-electron chi connectivity index (χ3n) is 5.65. The van der Waals surface area contributed by atoms with Crippen LogP contribution in [0.2, 0.25) is 0 Å². The molecule has 5 aromatic rings. The van der Waals surface area contributed by atoms with Crippen LogP contribution in [-0.4, -0.2) is 44.2 Å². The molecule has 0 aliphatic rings. The molecular formula is C26H23N7O3S. The van der Waals surface area contributed by atoms with Gasteiger partial charge in [0.15, 0.2) is 9.84 Å².